The van der Waals surface area contributed by atoms with E-state index >= 15 is 0 Å². The van der Waals surface area contributed by atoms with Gasteiger partial charge in [0, 0.05) is 29.4 Å². The van der Waals surface area contributed by atoms with Crippen LogP contribution in [0.4, 0.5) is 0 Å². The summed E-state index contributed by atoms with van der Waals surface area (Å²) in [6, 6.07) is 5.60. The van der Waals surface area contributed by atoms with Gasteiger partial charge < -0.3 is 26.2 Å². The third kappa shape index (κ3) is 3.04. The maximum Gasteiger partial charge on any atom is 0.255 e. The van der Waals surface area contributed by atoms with Gasteiger partial charge in [-0.2, -0.15) is 0 Å². The molecular formula is C26H25N3O7. The zero-order chi connectivity index (χ0) is 26.1. The van der Waals surface area contributed by atoms with Gasteiger partial charge in [-0.3, -0.25) is 24.3 Å². The molecule has 10 heteroatoms. The molecule has 0 bridgehead atoms. The van der Waals surface area contributed by atoms with Crippen LogP contribution in [-0.4, -0.2) is 73.5 Å². The van der Waals surface area contributed by atoms with Crippen molar-refractivity contribution < 1.29 is 34.8 Å². The molecule has 36 heavy (non-hydrogen) atoms. The van der Waals surface area contributed by atoms with E-state index in [2.05, 4.69) is 4.98 Å². The first kappa shape index (κ1) is 23.7. The Morgan fingerprint density at radius 2 is 1.89 bits per heavy atom. The number of phenols is 1. The third-order valence-electron chi connectivity index (χ3n) is 7.58. The number of Topliss-reactive ketones (excluding diaryl/α,β-unsaturated/α-hetero) is 2. The van der Waals surface area contributed by atoms with Crippen molar-refractivity contribution in [2.75, 3.05) is 14.1 Å². The van der Waals surface area contributed by atoms with Gasteiger partial charge in [-0.05, 0) is 56.1 Å². The minimum atomic E-state index is -2.65. The van der Waals surface area contributed by atoms with Gasteiger partial charge in [0.05, 0.1) is 11.6 Å². The summed E-state index contributed by atoms with van der Waals surface area (Å²) in [5, 5.41) is 44.4. The molecule has 1 heterocycles. The Hall–Kier alpha value is -4.02. The number of carbonyl (C=O) groups excluding carboxylic acids is 3. The number of nitrogens with zero attached hydrogens (tertiary/aromatic N) is 2. The van der Waals surface area contributed by atoms with Gasteiger partial charge in [-0.1, -0.05) is 12.1 Å². The average molecular weight is 492 g/mol. The van der Waals surface area contributed by atoms with Crippen LogP contribution in [0.15, 0.2) is 59.3 Å². The number of aromatic hydroxyl groups is 1. The summed E-state index contributed by atoms with van der Waals surface area (Å²) in [4.78, 5) is 44.7. The SMILES string of the molecule is CN(C)[C@@H]1C(O)=C(C(N)=O)C(=O)[C@@]2(O)C(O)=C3C(=O)c4c(O)ccc(-c5cccnc5)c4C[C@H]3C[C@@H]12. The fourth-order valence-electron chi connectivity index (χ4n) is 6.04. The number of carbonyl (C=O) groups is 3. The number of likely N-dealkylation sites (N-methyl/N-ethyl adjacent to an activating group) is 1. The summed E-state index contributed by atoms with van der Waals surface area (Å²) in [6.07, 6.45) is 3.50. The summed E-state index contributed by atoms with van der Waals surface area (Å²) in [7, 11) is 3.18. The lowest BCUT2D eigenvalue weighted by molar-refractivity contribution is -0.148. The van der Waals surface area contributed by atoms with E-state index < -0.39 is 58.0 Å². The molecule has 0 fully saturated rings. The van der Waals surface area contributed by atoms with Crippen molar-refractivity contribution in [2.24, 2.45) is 17.6 Å². The van der Waals surface area contributed by atoms with Gasteiger partial charge in [-0.25, -0.2) is 0 Å². The average Bonchev–Trinajstić information content (AvgIpc) is 2.81. The van der Waals surface area contributed by atoms with Crippen molar-refractivity contribution in [3.8, 4) is 16.9 Å². The highest BCUT2D eigenvalue weighted by molar-refractivity contribution is 6.24. The zero-order valence-corrected chi connectivity index (χ0v) is 19.6. The Morgan fingerprint density at radius 3 is 2.50 bits per heavy atom. The van der Waals surface area contributed by atoms with Gasteiger partial charge in [0.15, 0.2) is 11.4 Å². The van der Waals surface area contributed by atoms with E-state index in [0.717, 1.165) is 5.56 Å². The maximum atomic E-state index is 13.7. The minimum Gasteiger partial charge on any atom is -0.510 e. The number of hydrogen-bond donors (Lipinski definition) is 5. The zero-order valence-electron chi connectivity index (χ0n) is 19.6. The summed E-state index contributed by atoms with van der Waals surface area (Å²) in [5.41, 5.74) is 3.62. The van der Waals surface area contributed by atoms with Crippen molar-refractivity contribution in [1.29, 1.82) is 0 Å². The lowest BCUT2D eigenvalue weighted by atomic mass is 9.58. The third-order valence-corrected chi connectivity index (χ3v) is 7.58. The van der Waals surface area contributed by atoms with Gasteiger partial charge in [-0.15, -0.1) is 0 Å². The van der Waals surface area contributed by atoms with Crippen LogP contribution in [0.1, 0.15) is 22.3 Å². The van der Waals surface area contributed by atoms with E-state index in [1.807, 2.05) is 6.07 Å². The molecule has 6 N–H and O–H groups in total. The first-order valence-electron chi connectivity index (χ1n) is 11.4. The Bertz CT molecular complexity index is 1400. The highest BCUT2D eigenvalue weighted by atomic mass is 16.3. The number of aromatic nitrogens is 1. The number of aliphatic hydroxyl groups excluding tert-OH is 2. The molecule has 5 rings (SSSR count). The summed E-state index contributed by atoms with van der Waals surface area (Å²) in [5.74, 6) is -6.71. The van der Waals surface area contributed by atoms with Crippen molar-refractivity contribution in [3.63, 3.8) is 0 Å². The number of fused-ring (bicyclic) bond motifs is 3. The Kier molecular flexibility index (Phi) is 5.27. The second-order valence-electron chi connectivity index (χ2n) is 9.69. The molecule has 0 saturated heterocycles. The molecule has 0 saturated carbocycles. The number of aliphatic hydroxyl groups is 3. The predicted molar refractivity (Wildman–Crippen MR) is 127 cm³/mol. The maximum absolute atomic E-state index is 13.7. The number of pyridine rings is 1. The van der Waals surface area contributed by atoms with Gasteiger partial charge in [0.25, 0.3) is 5.91 Å². The van der Waals surface area contributed by atoms with E-state index in [9.17, 15) is 34.8 Å². The van der Waals surface area contributed by atoms with Crippen LogP contribution in [0, 0.1) is 11.8 Å². The topological polar surface area (TPSA) is 174 Å². The molecule has 3 aliphatic rings. The summed E-state index contributed by atoms with van der Waals surface area (Å²) >= 11 is 0. The number of allylic oxidation sites excluding steroid dienone is 1. The summed E-state index contributed by atoms with van der Waals surface area (Å²) in [6.45, 7) is 0. The van der Waals surface area contributed by atoms with Gasteiger partial charge in [0.2, 0.25) is 5.78 Å². The van der Waals surface area contributed by atoms with E-state index in [4.69, 9.17) is 5.73 Å². The molecule has 0 aliphatic heterocycles. The molecule has 1 aromatic heterocycles. The highest BCUT2D eigenvalue weighted by Crippen LogP contribution is 2.53. The van der Waals surface area contributed by atoms with Crippen LogP contribution < -0.4 is 5.73 Å². The molecule has 2 aromatic rings. The largest absolute Gasteiger partial charge is 0.510 e. The second kappa shape index (κ2) is 8.00. The van der Waals surface area contributed by atoms with Crippen molar-refractivity contribution >= 4 is 17.5 Å². The Balaban J connectivity index is 1.73. The van der Waals surface area contributed by atoms with E-state index in [1.54, 1.807) is 38.6 Å². The quantitative estimate of drug-likeness (QED) is 0.395. The minimum absolute atomic E-state index is 0.0304. The molecule has 4 atom stereocenters. The van der Waals surface area contributed by atoms with E-state index in [0.29, 0.717) is 11.1 Å². The molecule has 1 amide bonds. The number of ketones is 2. The molecule has 186 valence electrons. The lowest BCUT2D eigenvalue weighted by Crippen LogP contribution is -2.63. The van der Waals surface area contributed by atoms with Gasteiger partial charge in [0.1, 0.15) is 22.8 Å². The Labute approximate surface area is 206 Å². The normalized spacial score (nSPS) is 27.6. The number of rotatable bonds is 3. The van der Waals surface area contributed by atoms with Crippen LogP contribution in [0.3, 0.4) is 0 Å². The van der Waals surface area contributed by atoms with Crippen molar-refractivity contribution in [1.82, 2.24) is 9.88 Å². The first-order valence-corrected chi connectivity index (χ1v) is 11.4. The molecule has 10 nitrogen and oxygen atoms in total. The van der Waals surface area contributed by atoms with E-state index in [-0.39, 0.29) is 29.7 Å². The standard InChI is InChI=1S/C26H25N3O7/c1-29(2)20-15-9-12-8-14-13(11-4-3-7-28-10-11)5-6-16(30)18(14)21(31)17(12)23(33)26(15,36)24(34)19(22(20)32)25(27)35/h3-7,10,12,15,20,30,32-33,36H,8-9H2,1-2H3,(H2,27,35)/t12-,15-,20-,26-/m0/s1. The number of phenolic OH excluding ortho intramolecular Hbond substituents is 1. The monoisotopic (exact) mass is 491 g/mol. The first-order chi connectivity index (χ1) is 17.0. The number of amides is 1. The fraction of sp³-hybridized carbons (Fsp3) is 0.308. The fourth-order valence-corrected chi connectivity index (χ4v) is 6.04. The predicted octanol–water partition coefficient (Wildman–Crippen LogP) is 1.18. The molecule has 3 aliphatic carbocycles. The lowest BCUT2D eigenvalue weighted by Gasteiger charge is -2.50. The van der Waals surface area contributed by atoms with E-state index in [1.165, 1.54) is 11.0 Å². The molecule has 1 aromatic carbocycles. The van der Waals surface area contributed by atoms with Crippen LogP contribution in [0.25, 0.3) is 11.1 Å². The number of primary amides is 1. The number of nitrogens with two attached hydrogens (primary N) is 1. The van der Waals surface area contributed by atoms with Crippen LogP contribution in [0.5, 0.6) is 5.75 Å². The van der Waals surface area contributed by atoms with Crippen molar-refractivity contribution in [2.45, 2.75) is 24.5 Å². The second-order valence-corrected chi connectivity index (χ2v) is 9.69. The molecular weight excluding hydrogens is 466 g/mol. The van der Waals surface area contributed by atoms with Gasteiger partial charge >= 0.3 is 0 Å². The van der Waals surface area contributed by atoms with Crippen molar-refractivity contribution in [3.05, 3.63) is 70.5 Å². The molecule has 0 radical (unpaired) electrons. The van der Waals surface area contributed by atoms with Crippen LogP contribution in [-0.2, 0) is 16.0 Å². The summed E-state index contributed by atoms with van der Waals surface area (Å²) < 4.78 is 0. The van der Waals surface area contributed by atoms with Crippen LogP contribution >= 0.6 is 0 Å². The molecule has 0 unspecified atom stereocenters. The highest BCUT2D eigenvalue weighted by Gasteiger charge is 2.63. The molecule has 0 spiro atoms. The Morgan fingerprint density at radius 1 is 1.17 bits per heavy atom. The van der Waals surface area contributed by atoms with Crippen LogP contribution in [0.2, 0.25) is 0 Å². The number of benzene rings is 1. The number of hydrogen-bond acceptors (Lipinski definition) is 9. The smallest absolute Gasteiger partial charge is 0.255 e.